The van der Waals surface area contributed by atoms with Crippen LogP contribution in [0.15, 0.2) is 79.0 Å². The van der Waals surface area contributed by atoms with Crippen molar-refractivity contribution in [2.24, 2.45) is 0 Å². The van der Waals surface area contributed by atoms with Gasteiger partial charge in [0.25, 0.3) is 0 Å². The summed E-state index contributed by atoms with van der Waals surface area (Å²) < 4.78 is 7.50. The molecule has 5 rings (SSSR count). The van der Waals surface area contributed by atoms with Crippen LogP contribution >= 0.6 is 22.6 Å². The van der Waals surface area contributed by atoms with Crippen LogP contribution in [-0.4, -0.2) is 33.5 Å². The molecule has 6 heteroatoms. The van der Waals surface area contributed by atoms with Crippen LogP contribution < -0.4 is 4.74 Å². The van der Waals surface area contributed by atoms with Crippen LogP contribution in [0.5, 0.6) is 5.75 Å². The first-order valence-electron chi connectivity index (χ1n) is 14.1. The second-order valence-corrected chi connectivity index (χ2v) is 11.9. The number of carboxylic acids is 1. The van der Waals surface area contributed by atoms with Gasteiger partial charge in [-0.15, -0.1) is 0 Å². The van der Waals surface area contributed by atoms with Crippen LogP contribution in [0.4, 0.5) is 0 Å². The summed E-state index contributed by atoms with van der Waals surface area (Å²) in [5.74, 6) is 0.0139. The number of halogens is 1. The fourth-order valence-electron chi connectivity index (χ4n) is 5.50. The highest BCUT2D eigenvalue weighted by atomic mass is 127. The maximum Gasteiger partial charge on any atom is 0.320 e. The molecule has 1 fully saturated rings. The number of carboxylic acid groups (broad SMARTS) is 1. The molecular weight excluding hydrogens is 623 g/mol. The number of aliphatic carboxylic acids is 1. The number of likely N-dealkylation sites (tertiary alicyclic amines) is 1. The van der Waals surface area contributed by atoms with Crippen molar-refractivity contribution in [1.82, 2.24) is 9.88 Å². The first-order valence-corrected chi connectivity index (χ1v) is 15.1. The molecule has 4 aromatic rings. The van der Waals surface area contributed by atoms with E-state index in [-0.39, 0.29) is 0 Å². The highest BCUT2D eigenvalue weighted by Gasteiger charge is 2.29. The molecule has 2 heterocycles. The van der Waals surface area contributed by atoms with E-state index in [0.29, 0.717) is 19.6 Å². The Kier molecular flexibility index (Phi) is 9.52. The van der Waals surface area contributed by atoms with E-state index < -0.39 is 12.0 Å². The van der Waals surface area contributed by atoms with Crippen LogP contribution in [-0.2, 0) is 17.9 Å². The quantitative estimate of drug-likeness (QED) is 0.145. The van der Waals surface area contributed by atoms with E-state index in [9.17, 15) is 9.90 Å². The van der Waals surface area contributed by atoms with Crippen molar-refractivity contribution in [3.63, 3.8) is 0 Å². The third-order valence-corrected chi connectivity index (χ3v) is 8.45. The zero-order valence-electron chi connectivity index (χ0n) is 23.5. The van der Waals surface area contributed by atoms with Crippen molar-refractivity contribution in [3.8, 4) is 16.9 Å². The Labute approximate surface area is 256 Å². The molecule has 210 valence electrons. The number of ether oxygens (including phenoxy) is 1. The minimum absolute atomic E-state index is 0.344. The molecule has 41 heavy (non-hydrogen) atoms. The molecule has 1 aromatic heterocycles. The summed E-state index contributed by atoms with van der Waals surface area (Å²) in [5.41, 5.74) is 8.87. The Morgan fingerprint density at radius 3 is 2.61 bits per heavy atom. The van der Waals surface area contributed by atoms with Crippen molar-refractivity contribution < 1.29 is 14.6 Å². The third-order valence-electron chi connectivity index (χ3n) is 7.78. The topological polar surface area (TPSA) is 62.7 Å². The lowest BCUT2D eigenvalue weighted by Crippen LogP contribution is -2.44. The summed E-state index contributed by atoms with van der Waals surface area (Å²) in [6.07, 6.45) is 8.74. The van der Waals surface area contributed by atoms with E-state index in [1.807, 2.05) is 18.2 Å². The molecule has 1 aliphatic heterocycles. The van der Waals surface area contributed by atoms with Gasteiger partial charge in [0.05, 0.1) is 5.69 Å². The number of hydrogen-bond donors (Lipinski definition) is 1. The van der Waals surface area contributed by atoms with E-state index >= 15 is 0 Å². The third kappa shape index (κ3) is 7.24. The second kappa shape index (κ2) is 13.4. The molecule has 0 amide bonds. The predicted octanol–water partition coefficient (Wildman–Crippen LogP) is 8.16. The Balaban J connectivity index is 1.46. The minimum Gasteiger partial charge on any atom is -0.487 e. The SMILES string of the molecule is Cc1cc(CN2CCCC[C@H]2C(=O)O)c(OCc2cc(I)ccn2)cc1/C=C/c1cccc(-c2ccccc2)c1C. The molecular formula is C35H35IN2O3. The monoisotopic (exact) mass is 658 g/mol. The summed E-state index contributed by atoms with van der Waals surface area (Å²) in [7, 11) is 0. The largest absolute Gasteiger partial charge is 0.487 e. The number of rotatable bonds is 9. The molecule has 0 aliphatic carbocycles. The summed E-state index contributed by atoms with van der Waals surface area (Å²) in [4.78, 5) is 18.5. The highest BCUT2D eigenvalue weighted by Crippen LogP contribution is 2.31. The Morgan fingerprint density at radius 2 is 1.83 bits per heavy atom. The smallest absolute Gasteiger partial charge is 0.320 e. The Hall–Kier alpha value is -3.49. The summed E-state index contributed by atoms with van der Waals surface area (Å²) >= 11 is 2.28. The van der Waals surface area contributed by atoms with Crippen molar-refractivity contribution >= 4 is 40.7 Å². The van der Waals surface area contributed by atoms with Crippen LogP contribution in [0.1, 0.15) is 52.8 Å². The normalized spacial score (nSPS) is 15.7. The van der Waals surface area contributed by atoms with Gasteiger partial charge in [0.15, 0.2) is 0 Å². The van der Waals surface area contributed by atoms with Crippen molar-refractivity contribution in [3.05, 3.63) is 116 Å². The summed E-state index contributed by atoms with van der Waals surface area (Å²) in [5, 5.41) is 9.83. The molecule has 1 atom stereocenters. The number of aryl methyl sites for hydroxylation is 1. The van der Waals surface area contributed by atoms with Gasteiger partial charge in [0.2, 0.25) is 0 Å². The number of benzene rings is 3. The summed E-state index contributed by atoms with van der Waals surface area (Å²) in [6, 6.07) is 24.6. The number of aromatic nitrogens is 1. The molecule has 0 bridgehead atoms. The standard InChI is InChI=1S/C35H35IN2O3/c1-24-19-29(22-38-18-7-6-13-33(38)35(39)40)34(41-23-31-21-30(36)16-17-37-31)20-28(24)15-14-26-11-8-12-32(25(26)2)27-9-4-3-5-10-27/h3-5,8-12,14-17,19-21,33H,6-7,13,18,22-23H2,1-2H3,(H,39,40)/b15-14+/t33-/m0/s1. The van der Waals surface area contributed by atoms with Crippen LogP contribution in [0.3, 0.4) is 0 Å². The molecule has 3 aromatic carbocycles. The van der Waals surface area contributed by atoms with Gasteiger partial charge in [-0.25, -0.2) is 0 Å². The van der Waals surface area contributed by atoms with Crippen molar-refractivity contribution in [2.45, 2.75) is 52.3 Å². The van der Waals surface area contributed by atoms with Gasteiger partial charge in [0, 0.05) is 21.9 Å². The molecule has 1 N–H and O–H groups in total. The maximum absolute atomic E-state index is 12.0. The van der Waals surface area contributed by atoms with E-state index in [2.05, 4.69) is 113 Å². The number of carbonyl (C=O) groups is 1. The lowest BCUT2D eigenvalue weighted by molar-refractivity contribution is -0.144. The fraction of sp³-hybridized carbons (Fsp3) is 0.257. The summed E-state index contributed by atoms with van der Waals surface area (Å²) in [6.45, 7) is 5.92. The molecule has 0 spiro atoms. The first kappa shape index (κ1) is 29.0. The van der Waals surface area contributed by atoms with Crippen LogP contribution in [0.25, 0.3) is 23.3 Å². The van der Waals surface area contributed by atoms with Gasteiger partial charge in [0.1, 0.15) is 18.4 Å². The van der Waals surface area contributed by atoms with Gasteiger partial charge in [-0.3, -0.25) is 14.7 Å². The van der Waals surface area contributed by atoms with Crippen molar-refractivity contribution in [1.29, 1.82) is 0 Å². The zero-order chi connectivity index (χ0) is 28.8. The molecule has 0 unspecified atom stereocenters. The average Bonchev–Trinajstić information content (AvgIpc) is 2.97. The van der Waals surface area contributed by atoms with Gasteiger partial charge in [-0.1, -0.05) is 73.2 Å². The van der Waals surface area contributed by atoms with Crippen LogP contribution in [0, 0.1) is 17.4 Å². The molecule has 0 saturated carbocycles. The molecule has 5 nitrogen and oxygen atoms in total. The predicted molar refractivity (Wildman–Crippen MR) is 174 cm³/mol. The van der Waals surface area contributed by atoms with Gasteiger partial charge >= 0.3 is 5.97 Å². The number of pyridine rings is 1. The van der Waals surface area contributed by atoms with Gasteiger partial charge in [-0.2, -0.15) is 0 Å². The number of nitrogens with zero attached hydrogens (tertiary/aromatic N) is 2. The minimum atomic E-state index is -0.750. The first-order chi connectivity index (χ1) is 19.9. The molecule has 1 saturated heterocycles. The maximum atomic E-state index is 12.0. The van der Waals surface area contributed by atoms with E-state index in [0.717, 1.165) is 56.7 Å². The van der Waals surface area contributed by atoms with E-state index in [4.69, 9.17) is 4.74 Å². The van der Waals surface area contributed by atoms with E-state index in [1.54, 1.807) is 6.20 Å². The van der Waals surface area contributed by atoms with Gasteiger partial charge < -0.3 is 9.84 Å². The Morgan fingerprint density at radius 1 is 1.02 bits per heavy atom. The average molecular weight is 659 g/mol. The van der Waals surface area contributed by atoms with Crippen LogP contribution in [0.2, 0.25) is 0 Å². The fourth-order valence-corrected chi connectivity index (χ4v) is 6.02. The van der Waals surface area contributed by atoms with E-state index in [1.165, 1.54) is 16.7 Å². The lowest BCUT2D eigenvalue weighted by Gasteiger charge is -2.33. The molecule has 1 aliphatic rings. The zero-order valence-corrected chi connectivity index (χ0v) is 25.7. The van der Waals surface area contributed by atoms with Crippen molar-refractivity contribution in [2.75, 3.05) is 6.54 Å². The second-order valence-electron chi connectivity index (χ2n) is 10.6. The Bertz CT molecular complexity index is 1550. The number of hydrogen-bond acceptors (Lipinski definition) is 4. The number of piperidine rings is 1. The molecule has 0 radical (unpaired) electrons. The van der Waals surface area contributed by atoms with Gasteiger partial charge in [-0.05, 0) is 107 Å². The lowest BCUT2D eigenvalue weighted by atomic mass is 9.95. The highest BCUT2D eigenvalue weighted by molar-refractivity contribution is 14.1.